The number of hydrogen-bond donors (Lipinski definition) is 0. The predicted octanol–water partition coefficient (Wildman–Crippen LogP) is 1.70. The minimum absolute atomic E-state index is 0.0830. The van der Waals surface area contributed by atoms with Crippen LogP contribution >= 0.6 is 11.6 Å². The van der Waals surface area contributed by atoms with E-state index in [2.05, 4.69) is 16.9 Å². The predicted molar refractivity (Wildman–Crippen MR) is 78.2 cm³/mol. The molecule has 0 saturated carbocycles. The maximum atomic E-state index is 12.4. The van der Waals surface area contributed by atoms with Gasteiger partial charge in [0.15, 0.2) is 5.78 Å². The van der Waals surface area contributed by atoms with Gasteiger partial charge < -0.3 is 4.74 Å². The van der Waals surface area contributed by atoms with Crippen LogP contribution in [0.4, 0.5) is 0 Å². The Hall–Kier alpha value is -0.910. The van der Waals surface area contributed by atoms with Crippen LogP contribution in [0.3, 0.4) is 0 Å². The molecule has 2 heterocycles. The van der Waals surface area contributed by atoms with Crippen LogP contribution in [0.25, 0.3) is 0 Å². The van der Waals surface area contributed by atoms with E-state index < -0.39 is 0 Å². The summed E-state index contributed by atoms with van der Waals surface area (Å²) >= 11 is 6.24. The van der Waals surface area contributed by atoms with Crippen molar-refractivity contribution in [2.45, 2.75) is 39.8 Å². The molecule has 20 heavy (non-hydrogen) atoms. The molecule has 1 unspecified atom stereocenters. The fourth-order valence-corrected chi connectivity index (χ4v) is 2.70. The maximum absolute atomic E-state index is 12.4. The van der Waals surface area contributed by atoms with Crippen LogP contribution in [0.15, 0.2) is 0 Å². The lowest BCUT2D eigenvalue weighted by atomic mass is 10.1. The molecule has 0 radical (unpaired) electrons. The molecule has 6 heteroatoms. The van der Waals surface area contributed by atoms with E-state index in [1.54, 1.807) is 4.68 Å². The highest BCUT2D eigenvalue weighted by atomic mass is 35.5. The Morgan fingerprint density at radius 2 is 2.20 bits per heavy atom. The Bertz CT molecular complexity index is 487. The van der Waals surface area contributed by atoms with Crippen molar-refractivity contribution >= 4 is 17.4 Å². The van der Waals surface area contributed by atoms with Crippen LogP contribution in [0.5, 0.6) is 0 Å². The number of aromatic nitrogens is 2. The van der Waals surface area contributed by atoms with E-state index in [0.717, 1.165) is 24.5 Å². The van der Waals surface area contributed by atoms with Crippen molar-refractivity contribution in [2.24, 2.45) is 0 Å². The van der Waals surface area contributed by atoms with E-state index in [1.165, 1.54) is 0 Å². The third-order valence-corrected chi connectivity index (χ3v) is 4.24. The van der Waals surface area contributed by atoms with Crippen molar-refractivity contribution in [2.75, 3.05) is 26.2 Å². The quantitative estimate of drug-likeness (QED) is 0.830. The van der Waals surface area contributed by atoms with Crippen molar-refractivity contribution in [3.05, 3.63) is 16.4 Å². The minimum Gasteiger partial charge on any atom is -0.368 e. The molecule has 1 aromatic heterocycles. The number of ether oxygens (including phenoxy) is 1. The van der Waals surface area contributed by atoms with Crippen LogP contribution in [0.2, 0.25) is 5.02 Å². The summed E-state index contributed by atoms with van der Waals surface area (Å²) in [5.41, 5.74) is 1.57. The zero-order valence-corrected chi connectivity index (χ0v) is 13.1. The molecule has 1 saturated heterocycles. The number of aryl methyl sites for hydroxylation is 2. The van der Waals surface area contributed by atoms with Crippen molar-refractivity contribution in [3.8, 4) is 0 Å². The molecular weight excluding hydrogens is 278 g/mol. The topological polar surface area (TPSA) is 47.4 Å². The van der Waals surface area contributed by atoms with E-state index in [1.807, 2.05) is 13.8 Å². The molecule has 0 aromatic carbocycles. The Kier molecular flexibility index (Phi) is 5.18. The van der Waals surface area contributed by atoms with Crippen LogP contribution in [-0.4, -0.2) is 52.8 Å². The third kappa shape index (κ3) is 3.22. The van der Waals surface area contributed by atoms with Gasteiger partial charge in [-0.05, 0) is 20.4 Å². The van der Waals surface area contributed by atoms with Gasteiger partial charge in [0.1, 0.15) is 6.10 Å². The summed E-state index contributed by atoms with van der Waals surface area (Å²) in [5.74, 6) is 0.0830. The molecule has 0 amide bonds. The van der Waals surface area contributed by atoms with E-state index >= 15 is 0 Å². The summed E-state index contributed by atoms with van der Waals surface area (Å²) in [7, 11) is 0. The fraction of sp³-hybridized carbons (Fsp3) is 0.714. The molecular formula is C14H22ClN3O2. The Labute approximate surface area is 124 Å². The van der Waals surface area contributed by atoms with Gasteiger partial charge in [-0.25, -0.2) is 0 Å². The maximum Gasteiger partial charge on any atom is 0.168 e. The third-order valence-electron chi connectivity index (χ3n) is 3.75. The lowest BCUT2D eigenvalue weighted by Gasteiger charge is -2.31. The number of carbonyl (C=O) groups excluding carboxylic acids is 1. The number of Topliss-reactive ketones (excluding diaryl/α,β-unsaturated/α-hetero) is 1. The molecule has 0 bridgehead atoms. The first-order valence-electron chi connectivity index (χ1n) is 7.15. The van der Waals surface area contributed by atoms with Crippen LogP contribution in [-0.2, 0) is 22.5 Å². The highest BCUT2D eigenvalue weighted by Crippen LogP contribution is 2.22. The lowest BCUT2D eigenvalue weighted by Crippen LogP contribution is -2.46. The number of morpholine rings is 1. The monoisotopic (exact) mass is 299 g/mol. The highest BCUT2D eigenvalue weighted by molar-refractivity contribution is 6.32. The van der Waals surface area contributed by atoms with Crippen molar-refractivity contribution in [1.29, 1.82) is 0 Å². The molecule has 1 aliphatic rings. The number of rotatable bonds is 5. The zero-order chi connectivity index (χ0) is 14.7. The van der Waals surface area contributed by atoms with Gasteiger partial charge in [0, 0.05) is 19.6 Å². The second-order valence-electron chi connectivity index (χ2n) is 5.06. The van der Waals surface area contributed by atoms with Gasteiger partial charge in [0.05, 0.1) is 29.4 Å². The molecule has 0 spiro atoms. The fourth-order valence-electron chi connectivity index (χ4n) is 2.50. The molecule has 1 atom stereocenters. The highest BCUT2D eigenvalue weighted by Gasteiger charge is 2.27. The molecule has 1 aromatic rings. The zero-order valence-electron chi connectivity index (χ0n) is 12.4. The van der Waals surface area contributed by atoms with Crippen molar-refractivity contribution < 1.29 is 9.53 Å². The van der Waals surface area contributed by atoms with E-state index in [9.17, 15) is 4.79 Å². The first-order valence-corrected chi connectivity index (χ1v) is 7.53. The first kappa shape index (κ1) is 15.5. The van der Waals surface area contributed by atoms with Crippen molar-refractivity contribution in [3.63, 3.8) is 0 Å². The van der Waals surface area contributed by atoms with Gasteiger partial charge in [-0.1, -0.05) is 18.5 Å². The summed E-state index contributed by atoms with van der Waals surface area (Å²) in [6.45, 7) is 9.79. The van der Waals surface area contributed by atoms with Crippen LogP contribution in [0.1, 0.15) is 25.2 Å². The molecule has 2 rings (SSSR count). The van der Waals surface area contributed by atoms with Crippen molar-refractivity contribution in [1.82, 2.24) is 14.7 Å². The van der Waals surface area contributed by atoms with Gasteiger partial charge >= 0.3 is 0 Å². The normalized spacial score (nSPS) is 20.3. The number of ketones is 1. The number of halogens is 1. The van der Waals surface area contributed by atoms with Gasteiger partial charge in [0.2, 0.25) is 0 Å². The molecule has 0 aliphatic carbocycles. The van der Waals surface area contributed by atoms with E-state index in [4.69, 9.17) is 16.3 Å². The largest absolute Gasteiger partial charge is 0.368 e. The summed E-state index contributed by atoms with van der Waals surface area (Å²) in [5, 5.41) is 4.94. The molecule has 1 aliphatic heterocycles. The molecule has 5 nitrogen and oxygen atoms in total. The molecule has 112 valence electrons. The second-order valence-corrected chi connectivity index (χ2v) is 5.44. The first-order chi connectivity index (χ1) is 9.56. The number of hydrogen-bond acceptors (Lipinski definition) is 4. The second kappa shape index (κ2) is 6.70. The summed E-state index contributed by atoms with van der Waals surface area (Å²) in [6, 6.07) is 0. The van der Waals surface area contributed by atoms with Crippen LogP contribution in [0, 0.1) is 6.92 Å². The Morgan fingerprint density at radius 3 is 2.85 bits per heavy atom. The average molecular weight is 300 g/mol. The minimum atomic E-state index is -0.347. The Balaban J connectivity index is 2.08. The van der Waals surface area contributed by atoms with E-state index in [-0.39, 0.29) is 18.3 Å². The van der Waals surface area contributed by atoms with Gasteiger partial charge in [-0.3, -0.25) is 14.4 Å². The van der Waals surface area contributed by atoms with E-state index in [0.29, 0.717) is 24.7 Å². The van der Waals surface area contributed by atoms with Gasteiger partial charge in [-0.15, -0.1) is 0 Å². The molecule has 1 fully saturated rings. The summed E-state index contributed by atoms with van der Waals surface area (Å²) in [6.07, 6.45) is -0.0595. The number of carbonyl (C=O) groups is 1. The standard InChI is InChI=1S/C14H22ClN3O2/c1-4-17-6-7-20-13(9-17)12(19)8-11-14(15)10(3)16-18(11)5-2/h13H,4-9H2,1-3H3. The average Bonchev–Trinajstić information content (AvgIpc) is 2.75. The lowest BCUT2D eigenvalue weighted by molar-refractivity contribution is -0.135. The summed E-state index contributed by atoms with van der Waals surface area (Å²) in [4.78, 5) is 14.6. The van der Waals surface area contributed by atoms with Gasteiger partial charge in [0.25, 0.3) is 0 Å². The Morgan fingerprint density at radius 1 is 1.45 bits per heavy atom. The van der Waals surface area contributed by atoms with Crippen LogP contribution < -0.4 is 0 Å². The van der Waals surface area contributed by atoms with Gasteiger partial charge in [-0.2, -0.15) is 5.10 Å². The summed E-state index contributed by atoms with van der Waals surface area (Å²) < 4.78 is 7.40. The number of likely N-dealkylation sites (N-methyl/N-ethyl adjacent to an activating group) is 1. The smallest absolute Gasteiger partial charge is 0.168 e. The number of nitrogens with zero attached hydrogens (tertiary/aromatic N) is 3. The SMILES string of the molecule is CCN1CCOC(C(=O)Cc2c(Cl)c(C)nn2CC)C1. The molecule has 0 N–H and O–H groups in total.